The van der Waals surface area contributed by atoms with E-state index >= 15 is 0 Å². The van der Waals surface area contributed by atoms with E-state index in [1.165, 1.54) is 13.3 Å². The Morgan fingerprint density at radius 3 is 2.44 bits per heavy atom. The molecule has 2 rings (SSSR count). The summed E-state index contributed by atoms with van der Waals surface area (Å²) in [6.45, 7) is 9.73. The summed E-state index contributed by atoms with van der Waals surface area (Å²) in [6, 6.07) is 5.14. The zero-order valence-corrected chi connectivity index (χ0v) is 16.3. The summed E-state index contributed by atoms with van der Waals surface area (Å²) in [5, 5.41) is 10.8. The van der Waals surface area contributed by atoms with Crippen LogP contribution in [0.3, 0.4) is 0 Å². The van der Waals surface area contributed by atoms with Gasteiger partial charge in [0.2, 0.25) is 0 Å². The van der Waals surface area contributed by atoms with Crippen molar-refractivity contribution in [1.29, 1.82) is 0 Å². The summed E-state index contributed by atoms with van der Waals surface area (Å²) in [4.78, 5) is 16.1. The average molecular weight is 365 g/mol. The zero-order chi connectivity index (χ0) is 19.0. The van der Waals surface area contributed by atoms with Gasteiger partial charge in [-0.2, -0.15) is 0 Å². The molecule has 0 saturated carbocycles. The third-order valence-electron chi connectivity index (χ3n) is 3.01. The van der Waals surface area contributed by atoms with Crippen molar-refractivity contribution in [2.24, 2.45) is 0 Å². The summed E-state index contributed by atoms with van der Waals surface area (Å²) in [5.74, 6) is 1.29. The van der Waals surface area contributed by atoms with Gasteiger partial charge in [-0.15, -0.1) is 10.2 Å². The molecule has 7 heteroatoms. The van der Waals surface area contributed by atoms with Gasteiger partial charge in [-0.1, -0.05) is 45.7 Å². The number of rotatable bonds is 5. The van der Waals surface area contributed by atoms with E-state index in [4.69, 9.17) is 16.3 Å². The fourth-order valence-electron chi connectivity index (χ4n) is 1.98. The first-order chi connectivity index (χ1) is 11.8. The lowest BCUT2D eigenvalue weighted by Gasteiger charge is -2.14. The summed E-state index contributed by atoms with van der Waals surface area (Å²) in [7, 11) is 1.61. The van der Waals surface area contributed by atoms with Crippen LogP contribution in [0.5, 0.6) is 5.75 Å². The van der Waals surface area contributed by atoms with Crippen LogP contribution in [0.2, 0.25) is 5.15 Å². The number of carbonyl (C=O) groups is 1. The molecule has 0 unspecified atom stereocenters. The molecule has 0 radical (unpaired) electrons. The molecule has 0 aliphatic heterocycles. The Kier molecular flexibility index (Phi) is 8.28. The van der Waals surface area contributed by atoms with Gasteiger partial charge in [0, 0.05) is 13.0 Å². The van der Waals surface area contributed by atoms with Gasteiger partial charge < -0.3 is 10.1 Å². The van der Waals surface area contributed by atoms with E-state index in [-0.39, 0.29) is 22.5 Å². The summed E-state index contributed by atoms with van der Waals surface area (Å²) in [5.41, 5.74) is 1.51. The molecule has 0 atom stereocenters. The first-order valence-corrected chi connectivity index (χ1v) is 8.57. The molecule has 2 heterocycles. The number of aromatic nitrogens is 3. The Bertz CT molecular complexity index is 720. The molecule has 2 aromatic heterocycles. The van der Waals surface area contributed by atoms with Crippen LogP contribution in [0, 0.1) is 0 Å². The van der Waals surface area contributed by atoms with E-state index in [9.17, 15) is 4.79 Å². The molecule has 136 valence electrons. The molecule has 0 saturated heterocycles. The van der Waals surface area contributed by atoms with Gasteiger partial charge in [-0.25, -0.2) is 4.98 Å². The molecule has 2 aromatic rings. The summed E-state index contributed by atoms with van der Waals surface area (Å²) >= 11 is 5.85. The average Bonchev–Trinajstić information content (AvgIpc) is 2.55. The number of nitrogens with zero attached hydrogens (tertiary/aromatic N) is 3. The Morgan fingerprint density at radius 1 is 1.28 bits per heavy atom. The van der Waals surface area contributed by atoms with Crippen molar-refractivity contribution in [3.05, 3.63) is 34.7 Å². The number of carbonyl (C=O) groups excluding carboxylic acids is 1. The maximum absolute atomic E-state index is 11.6. The van der Waals surface area contributed by atoms with Crippen LogP contribution in [-0.2, 0) is 0 Å². The first-order valence-electron chi connectivity index (χ1n) is 8.20. The molecule has 0 fully saturated rings. The van der Waals surface area contributed by atoms with E-state index in [0.29, 0.717) is 11.5 Å². The monoisotopic (exact) mass is 364 g/mol. The van der Waals surface area contributed by atoms with Crippen LogP contribution < -0.4 is 10.1 Å². The predicted molar refractivity (Wildman–Crippen MR) is 101 cm³/mol. The van der Waals surface area contributed by atoms with Crippen LogP contribution in [0.15, 0.2) is 18.2 Å². The highest BCUT2D eigenvalue weighted by atomic mass is 35.5. The largest absolute Gasteiger partial charge is 0.495 e. The van der Waals surface area contributed by atoms with E-state index in [2.05, 4.69) is 34.3 Å². The second-order valence-corrected chi connectivity index (χ2v) is 6.14. The Morgan fingerprint density at radius 2 is 1.92 bits per heavy atom. The topological polar surface area (TPSA) is 77.0 Å². The molecule has 0 aliphatic rings. The third-order valence-corrected chi connectivity index (χ3v) is 3.20. The lowest BCUT2D eigenvalue weighted by Crippen LogP contribution is -2.07. The third kappa shape index (κ3) is 5.98. The molecule has 0 aromatic carbocycles. The van der Waals surface area contributed by atoms with Gasteiger partial charge in [-0.05, 0) is 18.1 Å². The van der Waals surface area contributed by atoms with Crippen molar-refractivity contribution in [2.75, 3.05) is 12.4 Å². The number of halogens is 1. The van der Waals surface area contributed by atoms with Gasteiger partial charge in [0.05, 0.1) is 18.5 Å². The quantitative estimate of drug-likeness (QED) is 0.750. The molecule has 0 bridgehead atoms. The second-order valence-electron chi connectivity index (χ2n) is 5.76. The lowest BCUT2D eigenvalue weighted by atomic mass is 10.1. The van der Waals surface area contributed by atoms with Crippen molar-refractivity contribution >= 4 is 28.9 Å². The predicted octanol–water partition coefficient (Wildman–Crippen LogP) is 5.02. The number of hydrogen-bond acceptors (Lipinski definition) is 6. The smallest absolute Gasteiger partial charge is 0.182 e. The molecular weight excluding hydrogens is 340 g/mol. The molecule has 0 amide bonds. The van der Waals surface area contributed by atoms with Crippen LogP contribution in [0.1, 0.15) is 63.1 Å². The van der Waals surface area contributed by atoms with Gasteiger partial charge in [0.25, 0.3) is 0 Å². The minimum Gasteiger partial charge on any atom is -0.495 e. The number of ketones is 1. The number of pyridine rings is 1. The van der Waals surface area contributed by atoms with Crippen molar-refractivity contribution in [1.82, 2.24) is 15.2 Å². The van der Waals surface area contributed by atoms with E-state index in [0.717, 1.165) is 11.4 Å². The number of hydrogen-bond donors (Lipinski definition) is 1. The fraction of sp³-hybridized carbons (Fsp3) is 0.444. The molecular formula is C18H25ClN4O2. The number of ether oxygens (including phenoxy) is 1. The van der Waals surface area contributed by atoms with E-state index < -0.39 is 0 Å². The maximum atomic E-state index is 11.6. The van der Waals surface area contributed by atoms with Gasteiger partial charge >= 0.3 is 0 Å². The van der Waals surface area contributed by atoms with E-state index in [1.54, 1.807) is 19.2 Å². The highest BCUT2D eigenvalue weighted by Crippen LogP contribution is 2.28. The van der Waals surface area contributed by atoms with Crippen LogP contribution in [-0.4, -0.2) is 28.1 Å². The second kappa shape index (κ2) is 9.93. The molecule has 6 nitrogen and oxygen atoms in total. The van der Waals surface area contributed by atoms with Crippen molar-refractivity contribution in [2.45, 2.75) is 47.0 Å². The Balaban J connectivity index is 0.000000970. The molecule has 25 heavy (non-hydrogen) atoms. The normalized spacial score (nSPS) is 10.1. The van der Waals surface area contributed by atoms with Crippen LogP contribution in [0.25, 0.3) is 0 Å². The molecule has 0 aliphatic carbocycles. The fourth-order valence-corrected chi connectivity index (χ4v) is 2.13. The minimum absolute atomic E-state index is 0.197. The van der Waals surface area contributed by atoms with Gasteiger partial charge in [0.15, 0.2) is 16.6 Å². The summed E-state index contributed by atoms with van der Waals surface area (Å²) < 4.78 is 5.31. The Labute approximate surface area is 154 Å². The maximum Gasteiger partial charge on any atom is 0.182 e. The molecule has 0 spiro atoms. The van der Waals surface area contributed by atoms with Crippen molar-refractivity contribution < 1.29 is 9.53 Å². The molecule has 1 N–H and O–H groups in total. The van der Waals surface area contributed by atoms with Crippen LogP contribution in [0.4, 0.5) is 11.5 Å². The van der Waals surface area contributed by atoms with E-state index in [1.807, 2.05) is 19.9 Å². The number of nitrogens with one attached hydrogen (secondary N) is 1. The first kappa shape index (κ1) is 20.8. The minimum atomic E-state index is -0.204. The van der Waals surface area contributed by atoms with Crippen molar-refractivity contribution in [3.8, 4) is 5.75 Å². The van der Waals surface area contributed by atoms with Gasteiger partial charge in [-0.3, -0.25) is 4.79 Å². The standard InChI is InChI=1S/C15H17ClN4O2.C3H8/c1-8(2)14-11(22-4)5-6-13(18-14)17-10-7-12(16)19-20-15(10)9(3)21;1-3-2/h5-8H,1-4H3,(H,17,18,19);3H2,1-2H3. The summed E-state index contributed by atoms with van der Waals surface area (Å²) in [6.07, 6.45) is 1.25. The SMILES string of the molecule is CCC.COc1ccc(Nc2cc(Cl)nnc2C(C)=O)nc1C(C)C. The van der Waals surface area contributed by atoms with Crippen molar-refractivity contribution in [3.63, 3.8) is 0 Å². The number of anilines is 2. The highest BCUT2D eigenvalue weighted by molar-refractivity contribution is 6.29. The van der Waals surface area contributed by atoms with Crippen LogP contribution >= 0.6 is 11.6 Å². The highest BCUT2D eigenvalue weighted by Gasteiger charge is 2.14. The number of Topliss-reactive ketones (excluding diaryl/α,β-unsaturated/α-hetero) is 1. The Hall–Kier alpha value is -2.21. The zero-order valence-electron chi connectivity index (χ0n) is 15.6. The van der Waals surface area contributed by atoms with Gasteiger partial charge in [0.1, 0.15) is 11.6 Å². The number of methoxy groups -OCH3 is 1. The lowest BCUT2D eigenvalue weighted by molar-refractivity contribution is 0.101.